The minimum absolute atomic E-state index is 0.193. The van der Waals surface area contributed by atoms with Crippen molar-refractivity contribution in [3.63, 3.8) is 0 Å². The fourth-order valence-electron chi connectivity index (χ4n) is 2.13. The van der Waals surface area contributed by atoms with Gasteiger partial charge >= 0.3 is 0 Å². The first-order chi connectivity index (χ1) is 10.1. The molecule has 1 heterocycles. The van der Waals surface area contributed by atoms with Crippen molar-refractivity contribution in [1.82, 2.24) is 14.8 Å². The molecule has 0 unspecified atom stereocenters. The zero-order valence-corrected chi connectivity index (χ0v) is 12.3. The highest BCUT2D eigenvalue weighted by Crippen LogP contribution is 2.21. The Hall–Kier alpha value is -2.53. The van der Waals surface area contributed by atoms with E-state index in [1.165, 1.54) is 0 Å². The SMILES string of the molecule is Cc1cccc(-n2nc(C(N)=S)nc2-c2ccccc2)c1. The van der Waals surface area contributed by atoms with Gasteiger partial charge in [-0.15, -0.1) is 5.10 Å². The van der Waals surface area contributed by atoms with Crippen molar-refractivity contribution in [2.24, 2.45) is 5.73 Å². The van der Waals surface area contributed by atoms with Gasteiger partial charge in [0, 0.05) is 5.56 Å². The van der Waals surface area contributed by atoms with E-state index in [1.54, 1.807) is 4.68 Å². The van der Waals surface area contributed by atoms with Crippen LogP contribution in [0.15, 0.2) is 54.6 Å². The second-order valence-corrected chi connectivity index (χ2v) is 5.18. The van der Waals surface area contributed by atoms with Crippen LogP contribution in [-0.4, -0.2) is 19.8 Å². The molecule has 104 valence electrons. The quantitative estimate of drug-likeness (QED) is 0.755. The Morgan fingerprint density at radius 3 is 2.52 bits per heavy atom. The molecule has 0 saturated heterocycles. The molecule has 3 rings (SSSR count). The van der Waals surface area contributed by atoms with E-state index >= 15 is 0 Å². The predicted octanol–water partition coefficient (Wildman–Crippen LogP) is 2.88. The number of rotatable bonds is 3. The molecule has 0 aliphatic heterocycles. The van der Waals surface area contributed by atoms with E-state index in [-0.39, 0.29) is 4.99 Å². The maximum absolute atomic E-state index is 5.68. The molecule has 0 aliphatic rings. The number of aryl methyl sites for hydroxylation is 1. The van der Waals surface area contributed by atoms with Gasteiger partial charge in [-0.05, 0) is 24.6 Å². The van der Waals surface area contributed by atoms with Gasteiger partial charge in [-0.1, -0.05) is 54.7 Å². The van der Waals surface area contributed by atoms with Crippen LogP contribution in [0.1, 0.15) is 11.4 Å². The molecule has 5 heteroatoms. The van der Waals surface area contributed by atoms with Gasteiger partial charge in [0.15, 0.2) is 5.82 Å². The van der Waals surface area contributed by atoms with E-state index in [9.17, 15) is 0 Å². The van der Waals surface area contributed by atoms with Crippen molar-refractivity contribution in [3.8, 4) is 17.1 Å². The molecule has 3 aromatic rings. The molecule has 21 heavy (non-hydrogen) atoms. The van der Waals surface area contributed by atoms with Crippen LogP contribution in [-0.2, 0) is 0 Å². The lowest BCUT2D eigenvalue weighted by Crippen LogP contribution is -2.12. The van der Waals surface area contributed by atoms with Crippen molar-refractivity contribution >= 4 is 17.2 Å². The second-order valence-electron chi connectivity index (χ2n) is 4.74. The number of thiocarbonyl (C=S) groups is 1. The molecule has 2 aromatic carbocycles. The van der Waals surface area contributed by atoms with Crippen molar-refractivity contribution < 1.29 is 0 Å². The van der Waals surface area contributed by atoms with Crippen LogP contribution in [0.3, 0.4) is 0 Å². The van der Waals surface area contributed by atoms with Gasteiger partial charge in [-0.3, -0.25) is 0 Å². The van der Waals surface area contributed by atoms with Gasteiger partial charge in [-0.25, -0.2) is 9.67 Å². The Kier molecular flexibility index (Phi) is 3.50. The number of hydrogen-bond donors (Lipinski definition) is 1. The Balaban J connectivity index is 2.21. The number of aromatic nitrogens is 3. The molecule has 2 N–H and O–H groups in total. The third-order valence-corrected chi connectivity index (χ3v) is 3.29. The van der Waals surface area contributed by atoms with Crippen LogP contribution in [0.4, 0.5) is 0 Å². The molecule has 0 bridgehead atoms. The van der Waals surface area contributed by atoms with E-state index in [4.69, 9.17) is 18.0 Å². The van der Waals surface area contributed by atoms with Gasteiger partial charge in [0.05, 0.1) is 5.69 Å². The molecule has 0 atom stereocenters. The van der Waals surface area contributed by atoms with Crippen LogP contribution in [0.2, 0.25) is 0 Å². The zero-order chi connectivity index (χ0) is 14.8. The van der Waals surface area contributed by atoms with E-state index in [2.05, 4.69) is 10.1 Å². The fraction of sp³-hybridized carbons (Fsp3) is 0.0625. The lowest BCUT2D eigenvalue weighted by molar-refractivity contribution is 0.881. The molecule has 1 aromatic heterocycles. The Morgan fingerprint density at radius 2 is 1.86 bits per heavy atom. The third-order valence-electron chi connectivity index (χ3n) is 3.11. The van der Waals surface area contributed by atoms with E-state index in [1.807, 2.05) is 61.5 Å². The van der Waals surface area contributed by atoms with E-state index in [0.717, 1.165) is 22.6 Å². The van der Waals surface area contributed by atoms with E-state index < -0.39 is 0 Å². The zero-order valence-electron chi connectivity index (χ0n) is 11.5. The van der Waals surface area contributed by atoms with Gasteiger partial charge in [0.1, 0.15) is 4.99 Å². The van der Waals surface area contributed by atoms with Crippen molar-refractivity contribution in [2.75, 3.05) is 0 Å². The summed E-state index contributed by atoms with van der Waals surface area (Å²) in [5, 5.41) is 4.44. The van der Waals surface area contributed by atoms with Crippen LogP contribution < -0.4 is 5.73 Å². The highest BCUT2D eigenvalue weighted by molar-refractivity contribution is 7.80. The fourth-order valence-corrected chi connectivity index (χ4v) is 2.22. The monoisotopic (exact) mass is 294 g/mol. The highest BCUT2D eigenvalue weighted by Gasteiger charge is 2.14. The molecule has 0 spiro atoms. The van der Waals surface area contributed by atoms with Crippen LogP contribution in [0.25, 0.3) is 17.1 Å². The molecular weight excluding hydrogens is 280 g/mol. The molecular formula is C16H14N4S. The molecule has 0 saturated carbocycles. The summed E-state index contributed by atoms with van der Waals surface area (Å²) in [6.45, 7) is 2.04. The molecule has 0 amide bonds. The lowest BCUT2D eigenvalue weighted by Gasteiger charge is -2.06. The maximum Gasteiger partial charge on any atom is 0.209 e. The second kappa shape index (κ2) is 5.46. The average molecular weight is 294 g/mol. The van der Waals surface area contributed by atoms with Gasteiger partial charge < -0.3 is 5.73 Å². The summed E-state index contributed by atoms with van der Waals surface area (Å²) >= 11 is 5.00. The topological polar surface area (TPSA) is 56.7 Å². The normalized spacial score (nSPS) is 10.5. The van der Waals surface area contributed by atoms with Crippen molar-refractivity contribution in [2.45, 2.75) is 6.92 Å². The first-order valence-corrected chi connectivity index (χ1v) is 6.95. The molecule has 0 aliphatic carbocycles. The van der Waals surface area contributed by atoms with E-state index in [0.29, 0.717) is 5.82 Å². The number of hydrogen-bond acceptors (Lipinski definition) is 3. The summed E-state index contributed by atoms with van der Waals surface area (Å²) < 4.78 is 1.77. The summed E-state index contributed by atoms with van der Waals surface area (Å²) in [6, 6.07) is 17.9. The van der Waals surface area contributed by atoms with Gasteiger partial charge in [0.2, 0.25) is 5.82 Å². The third kappa shape index (κ3) is 2.68. The Bertz CT molecular complexity index is 793. The summed E-state index contributed by atoms with van der Waals surface area (Å²) in [6.07, 6.45) is 0. The maximum atomic E-state index is 5.68. The molecule has 4 nitrogen and oxygen atoms in total. The largest absolute Gasteiger partial charge is 0.387 e. The number of benzene rings is 2. The van der Waals surface area contributed by atoms with Crippen molar-refractivity contribution in [1.29, 1.82) is 0 Å². The lowest BCUT2D eigenvalue weighted by atomic mass is 10.2. The minimum atomic E-state index is 0.193. The van der Waals surface area contributed by atoms with Gasteiger partial charge in [0.25, 0.3) is 0 Å². The summed E-state index contributed by atoms with van der Waals surface area (Å²) in [5.41, 5.74) is 8.73. The Labute approximate surface area is 128 Å². The summed E-state index contributed by atoms with van der Waals surface area (Å²) in [4.78, 5) is 4.66. The smallest absolute Gasteiger partial charge is 0.209 e. The Morgan fingerprint density at radius 1 is 1.10 bits per heavy atom. The van der Waals surface area contributed by atoms with Gasteiger partial charge in [-0.2, -0.15) is 0 Å². The first-order valence-electron chi connectivity index (χ1n) is 6.54. The van der Waals surface area contributed by atoms with Crippen LogP contribution in [0.5, 0.6) is 0 Å². The van der Waals surface area contributed by atoms with Crippen molar-refractivity contribution in [3.05, 3.63) is 66.0 Å². The summed E-state index contributed by atoms with van der Waals surface area (Å²) in [7, 11) is 0. The average Bonchev–Trinajstić information content (AvgIpc) is 2.93. The molecule has 0 fully saturated rings. The minimum Gasteiger partial charge on any atom is -0.387 e. The highest BCUT2D eigenvalue weighted by atomic mass is 32.1. The number of nitrogens with zero attached hydrogens (tertiary/aromatic N) is 3. The number of nitrogens with two attached hydrogens (primary N) is 1. The predicted molar refractivity (Wildman–Crippen MR) is 87.4 cm³/mol. The van der Waals surface area contributed by atoms with Crippen LogP contribution in [0, 0.1) is 6.92 Å². The standard InChI is InChI=1S/C16H14N4S/c1-11-6-5-9-13(10-11)20-16(12-7-3-2-4-8-12)18-15(19-20)14(17)21/h2-10H,1H3,(H2,17,21). The first kappa shape index (κ1) is 13.5. The summed E-state index contributed by atoms with van der Waals surface area (Å²) in [5.74, 6) is 1.11. The molecule has 0 radical (unpaired) electrons. The van der Waals surface area contributed by atoms with Crippen LogP contribution >= 0.6 is 12.2 Å².